The maximum atomic E-state index is 10.5. The van der Waals surface area contributed by atoms with Gasteiger partial charge >= 0.3 is 6.08 Å². The van der Waals surface area contributed by atoms with E-state index >= 15 is 0 Å². The van der Waals surface area contributed by atoms with Crippen molar-refractivity contribution in [1.82, 2.24) is 0 Å². The highest BCUT2D eigenvalue weighted by atomic mass is 35.5. The number of hydrogen-bond donors (Lipinski definition) is 2. The Morgan fingerprint density at radius 2 is 1.10 bits per heavy atom. The average molecular weight is 1080 g/mol. The van der Waals surface area contributed by atoms with Crippen LogP contribution in [0.3, 0.4) is 0 Å². The molecule has 0 unspecified atom stereocenters. The molecule has 0 amide bonds. The summed E-state index contributed by atoms with van der Waals surface area (Å²) in [6, 6.07) is 38.1. The van der Waals surface area contributed by atoms with Gasteiger partial charge in [-0.3, -0.25) is 4.55 Å². The lowest BCUT2D eigenvalue weighted by molar-refractivity contribution is 0.193. The van der Waals surface area contributed by atoms with Crippen molar-refractivity contribution in [3.05, 3.63) is 158 Å². The third-order valence-electron chi connectivity index (χ3n) is 11.3. The number of aliphatic imine (C=N–C) groups is 4. The van der Waals surface area contributed by atoms with Crippen LogP contribution in [0.1, 0.15) is 56.0 Å². The molecular formula is C52H59Cl4N7O8S. The summed E-state index contributed by atoms with van der Waals surface area (Å²) in [6.45, 7) is 14.3. The molecule has 72 heavy (non-hydrogen) atoms. The lowest BCUT2D eigenvalue weighted by atomic mass is 10.1. The second-order valence-corrected chi connectivity index (χ2v) is 19.5. The summed E-state index contributed by atoms with van der Waals surface area (Å²) in [5.41, 5.74) is 10.8. The van der Waals surface area contributed by atoms with Crippen LogP contribution in [0, 0.1) is 6.92 Å². The topological polar surface area (TPSA) is 182 Å². The van der Waals surface area contributed by atoms with Crippen molar-refractivity contribution in [2.24, 2.45) is 25.7 Å². The lowest BCUT2D eigenvalue weighted by Gasteiger charge is -2.24. The number of nitrogens with zero attached hydrogens (tertiary/aromatic N) is 6. The second kappa shape index (κ2) is 27.3. The van der Waals surface area contributed by atoms with E-state index < -0.39 is 10.1 Å². The average Bonchev–Trinajstić information content (AvgIpc) is 4.23. The van der Waals surface area contributed by atoms with Gasteiger partial charge in [-0.2, -0.15) is 8.42 Å². The molecule has 9 rings (SSSR count). The Bertz CT molecular complexity index is 2770. The summed E-state index contributed by atoms with van der Waals surface area (Å²) >= 11 is 23.9. The van der Waals surface area contributed by atoms with Crippen LogP contribution in [0.2, 0.25) is 20.1 Å². The SMILES string of the molecule is CCN(C[C@H]1COC(CC2=N[C@@H](c3ccc(Cl)c(Cl)c3)CO2)=N1)c1ccccc1.CCN(C[C@H]1COC(N)=N1)c1ccccc1.CCOC1=N[C@@H](c2ccc(Cl)c(Cl)c2)CO1.Cc1ccc(S(=O)(=O)O)cc1. The molecule has 4 aliphatic heterocycles. The van der Waals surface area contributed by atoms with Gasteiger partial charge in [0.1, 0.15) is 50.6 Å². The molecule has 0 bridgehead atoms. The molecular weight excluding hydrogens is 1020 g/mol. The molecule has 4 atom stereocenters. The van der Waals surface area contributed by atoms with E-state index in [0.29, 0.717) is 83.4 Å². The van der Waals surface area contributed by atoms with Crippen LogP contribution >= 0.6 is 46.4 Å². The van der Waals surface area contributed by atoms with Crippen molar-refractivity contribution in [2.45, 2.75) is 63.2 Å². The van der Waals surface area contributed by atoms with E-state index in [0.717, 1.165) is 42.9 Å². The number of likely N-dealkylation sites (N-methyl/N-ethyl adjacent to an activating group) is 2. The zero-order chi connectivity index (χ0) is 51.6. The zero-order valence-corrected chi connectivity index (χ0v) is 44.3. The number of ether oxygens (including phenoxy) is 5. The quantitative estimate of drug-likeness (QED) is 0.101. The predicted octanol–water partition coefficient (Wildman–Crippen LogP) is 11.1. The molecule has 0 radical (unpaired) electrons. The number of amidine groups is 1. The Morgan fingerprint density at radius 3 is 1.58 bits per heavy atom. The van der Waals surface area contributed by atoms with Crippen molar-refractivity contribution < 1.29 is 36.7 Å². The molecule has 0 spiro atoms. The molecule has 0 fully saturated rings. The normalized spacial score (nSPS) is 18.6. The van der Waals surface area contributed by atoms with Crippen molar-refractivity contribution >= 4 is 91.8 Å². The first-order valence-electron chi connectivity index (χ1n) is 23.3. The molecule has 5 aromatic rings. The second-order valence-electron chi connectivity index (χ2n) is 16.5. The Kier molecular flexibility index (Phi) is 21.1. The fourth-order valence-corrected chi connectivity index (χ4v) is 8.60. The maximum Gasteiger partial charge on any atom is 0.384 e. The summed E-state index contributed by atoms with van der Waals surface area (Å²) in [5.74, 6) is 1.34. The van der Waals surface area contributed by atoms with Gasteiger partial charge in [-0.1, -0.05) is 113 Å². The molecule has 0 aliphatic carbocycles. The fourth-order valence-electron chi connectivity index (χ4n) is 7.51. The standard InChI is InChI=1S/C22H23Cl2N3O2.C12H17N3O.C11H11Cl2NO2.C7H8O3S/c1-2-27(17-6-4-3-5-7-17)12-16-13-28-21(25-16)11-22-26-20(14-29-22)15-8-9-18(23)19(24)10-15;1-2-15(11-6-4-3-5-7-11)8-10-9-16-12(13)14-10;1-2-15-11-14-10(6-16-11)7-3-4-8(12)9(13)5-7;1-6-2-4-7(5-3-6)11(8,9)10/h3-10,16,20H,2,11-14H2,1H3;3-7,10H,2,8-9H2,1H3,(H2,13,14);3-5,10H,2,6H2,1H3;2-5H,1H3,(H,8,9,10)/t16-,20+;2*10-;/m001./s1. The summed E-state index contributed by atoms with van der Waals surface area (Å²) in [7, 11) is -4.02. The summed E-state index contributed by atoms with van der Waals surface area (Å²) in [6.07, 6.45) is 0.824. The maximum absolute atomic E-state index is 10.5. The largest absolute Gasteiger partial charge is 0.478 e. The van der Waals surface area contributed by atoms with E-state index in [4.69, 9.17) is 85.4 Å². The monoisotopic (exact) mass is 1080 g/mol. The number of anilines is 2. The molecule has 0 saturated heterocycles. The van der Waals surface area contributed by atoms with E-state index in [-0.39, 0.29) is 29.1 Å². The lowest BCUT2D eigenvalue weighted by Crippen LogP contribution is -2.32. The minimum absolute atomic E-state index is 0.0590. The van der Waals surface area contributed by atoms with Gasteiger partial charge in [0.15, 0.2) is 11.8 Å². The van der Waals surface area contributed by atoms with Gasteiger partial charge in [-0.25, -0.2) is 20.0 Å². The number of nitrogens with two attached hydrogens (primary N) is 1. The highest BCUT2D eigenvalue weighted by Crippen LogP contribution is 2.31. The van der Waals surface area contributed by atoms with Gasteiger partial charge in [-0.05, 0) is 99.5 Å². The molecule has 384 valence electrons. The van der Waals surface area contributed by atoms with Crippen molar-refractivity contribution in [2.75, 3.05) is 69.0 Å². The van der Waals surface area contributed by atoms with Crippen LogP contribution in [0.25, 0.3) is 0 Å². The van der Waals surface area contributed by atoms with Crippen LogP contribution in [-0.4, -0.2) is 108 Å². The summed E-state index contributed by atoms with van der Waals surface area (Å²) < 4.78 is 56.7. The third kappa shape index (κ3) is 16.9. The van der Waals surface area contributed by atoms with Crippen molar-refractivity contribution in [1.29, 1.82) is 0 Å². The predicted molar refractivity (Wildman–Crippen MR) is 290 cm³/mol. The first-order chi connectivity index (χ1) is 34.6. The Hall–Kier alpha value is -5.75. The molecule has 3 N–H and O–H groups in total. The summed E-state index contributed by atoms with van der Waals surface area (Å²) in [4.78, 5) is 22.4. The number of rotatable bonds is 14. The van der Waals surface area contributed by atoms with Crippen LogP contribution in [-0.2, 0) is 33.8 Å². The van der Waals surface area contributed by atoms with Gasteiger partial charge in [0.05, 0.1) is 38.0 Å². The minimum atomic E-state index is -4.02. The van der Waals surface area contributed by atoms with E-state index in [1.807, 2.05) is 56.3 Å². The van der Waals surface area contributed by atoms with Crippen LogP contribution in [0.15, 0.2) is 146 Å². The Balaban J connectivity index is 0.000000168. The Morgan fingerprint density at radius 1 is 0.611 bits per heavy atom. The van der Waals surface area contributed by atoms with Gasteiger partial charge in [0.2, 0.25) is 0 Å². The first kappa shape index (κ1) is 55.6. The highest BCUT2D eigenvalue weighted by Gasteiger charge is 2.27. The van der Waals surface area contributed by atoms with Crippen molar-refractivity contribution in [3.63, 3.8) is 0 Å². The summed E-state index contributed by atoms with van der Waals surface area (Å²) in [5, 5.41) is 2.13. The molecule has 0 saturated carbocycles. The van der Waals surface area contributed by atoms with Gasteiger partial charge in [-0.15, -0.1) is 0 Å². The first-order valence-corrected chi connectivity index (χ1v) is 26.3. The zero-order valence-electron chi connectivity index (χ0n) is 40.4. The van der Waals surface area contributed by atoms with Crippen LogP contribution in [0.4, 0.5) is 11.4 Å². The molecule has 0 aromatic heterocycles. The van der Waals surface area contributed by atoms with Gasteiger partial charge in [0, 0.05) is 37.6 Å². The number of hydrogen-bond acceptors (Lipinski definition) is 14. The molecule has 4 heterocycles. The Labute approximate surface area is 442 Å². The van der Waals surface area contributed by atoms with Crippen LogP contribution < -0.4 is 15.5 Å². The number of para-hydroxylation sites is 2. The van der Waals surface area contributed by atoms with E-state index in [1.54, 1.807) is 30.3 Å². The fraction of sp³-hybridized carbons (Fsp3) is 0.346. The number of benzene rings is 5. The minimum Gasteiger partial charge on any atom is -0.478 e. The van der Waals surface area contributed by atoms with Crippen LogP contribution in [0.5, 0.6) is 0 Å². The molecule has 20 heteroatoms. The highest BCUT2D eigenvalue weighted by molar-refractivity contribution is 7.85. The number of aryl methyl sites for hydroxylation is 1. The van der Waals surface area contributed by atoms with Gasteiger partial charge in [0.25, 0.3) is 16.1 Å². The third-order valence-corrected chi connectivity index (χ3v) is 13.6. The molecule has 15 nitrogen and oxygen atoms in total. The number of halogens is 4. The van der Waals surface area contributed by atoms with Crippen molar-refractivity contribution in [3.8, 4) is 0 Å². The van der Waals surface area contributed by atoms with E-state index in [2.05, 4.69) is 75.0 Å². The molecule has 4 aliphatic rings. The van der Waals surface area contributed by atoms with Gasteiger partial charge < -0.3 is 39.2 Å². The molecule has 5 aromatic carbocycles. The van der Waals surface area contributed by atoms with E-state index in [1.165, 1.54) is 23.5 Å². The van der Waals surface area contributed by atoms with E-state index in [9.17, 15) is 8.42 Å². The smallest absolute Gasteiger partial charge is 0.384 e.